The standard InChI is InChI=1S/C31H39N3O6S/c1-6-19-32-31(36)24(3)33(20-18-25-10-8-7-9-11-25)30(35)22-34(28-21-26(39-4)14-17-29(28)40-5)41(37,38)27-15-12-23(2)13-16-27/h7-17,21,24H,6,18-20,22H2,1-5H3,(H,32,36)/t24-/m0/s1. The summed E-state index contributed by atoms with van der Waals surface area (Å²) in [7, 11) is -1.34. The highest BCUT2D eigenvalue weighted by Gasteiger charge is 2.34. The Bertz CT molecular complexity index is 1410. The van der Waals surface area contributed by atoms with Gasteiger partial charge in [-0.2, -0.15) is 0 Å². The molecule has 0 heterocycles. The SMILES string of the molecule is CCCNC(=O)[C@H](C)N(CCc1ccccc1)C(=O)CN(c1cc(OC)ccc1OC)S(=O)(=O)c1ccc(C)cc1. The number of ether oxygens (including phenoxy) is 2. The molecule has 0 saturated carbocycles. The molecule has 1 N–H and O–H groups in total. The van der Waals surface area contributed by atoms with Crippen LogP contribution in [0.25, 0.3) is 0 Å². The van der Waals surface area contributed by atoms with E-state index in [1.165, 1.54) is 37.3 Å². The van der Waals surface area contributed by atoms with Crippen LogP contribution < -0.4 is 19.1 Å². The van der Waals surface area contributed by atoms with Crippen molar-refractivity contribution in [1.29, 1.82) is 0 Å². The van der Waals surface area contributed by atoms with E-state index in [2.05, 4.69) is 5.32 Å². The van der Waals surface area contributed by atoms with Gasteiger partial charge in [0.1, 0.15) is 24.1 Å². The van der Waals surface area contributed by atoms with Gasteiger partial charge in [0.25, 0.3) is 10.0 Å². The van der Waals surface area contributed by atoms with Crippen LogP contribution in [0.5, 0.6) is 11.5 Å². The van der Waals surface area contributed by atoms with Crippen molar-refractivity contribution in [2.24, 2.45) is 0 Å². The number of nitrogens with zero attached hydrogens (tertiary/aromatic N) is 2. The normalized spacial score (nSPS) is 11.8. The van der Waals surface area contributed by atoms with Gasteiger partial charge in [-0.25, -0.2) is 8.42 Å². The van der Waals surface area contributed by atoms with E-state index in [1.807, 2.05) is 44.2 Å². The molecule has 10 heteroatoms. The number of amides is 2. The zero-order chi connectivity index (χ0) is 30.0. The summed E-state index contributed by atoms with van der Waals surface area (Å²) in [6, 6.07) is 19.9. The van der Waals surface area contributed by atoms with E-state index in [-0.39, 0.29) is 28.8 Å². The van der Waals surface area contributed by atoms with E-state index >= 15 is 0 Å². The fraction of sp³-hybridized carbons (Fsp3) is 0.355. The lowest BCUT2D eigenvalue weighted by molar-refractivity contribution is -0.138. The van der Waals surface area contributed by atoms with Gasteiger partial charge in [0.15, 0.2) is 0 Å². The smallest absolute Gasteiger partial charge is 0.264 e. The predicted molar refractivity (Wildman–Crippen MR) is 160 cm³/mol. The first kappa shape index (κ1) is 31.5. The predicted octanol–water partition coefficient (Wildman–Crippen LogP) is 4.19. The molecule has 220 valence electrons. The highest BCUT2D eigenvalue weighted by molar-refractivity contribution is 7.92. The quantitative estimate of drug-likeness (QED) is 0.306. The lowest BCUT2D eigenvalue weighted by Crippen LogP contribution is -2.52. The Balaban J connectivity index is 2.06. The molecule has 1 atom stereocenters. The molecule has 0 aliphatic heterocycles. The number of anilines is 1. The molecule has 0 unspecified atom stereocenters. The second kappa shape index (κ2) is 14.5. The number of benzene rings is 3. The van der Waals surface area contributed by atoms with Gasteiger partial charge in [-0.15, -0.1) is 0 Å². The number of rotatable bonds is 14. The van der Waals surface area contributed by atoms with Crippen LogP contribution >= 0.6 is 0 Å². The first-order chi connectivity index (χ1) is 19.6. The minimum Gasteiger partial charge on any atom is -0.497 e. The summed E-state index contributed by atoms with van der Waals surface area (Å²) in [5.74, 6) is -0.190. The number of nitrogens with one attached hydrogen (secondary N) is 1. The maximum Gasteiger partial charge on any atom is 0.264 e. The Kier molecular flexibility index (Phi) is 11.2. The Labute approximate surface area is 243 Å². The van der Waals surface area contributed by atoms with E-state index in [9.17, 15) is 18.0 Å². The van der Waals surface area contributed by atoms with Gasteiger partial charge < -0.3 is 19.7 Å². The first-order valence-electron chi connectivity index (χ1n) is 13.5. The van der Waals surface area contributed by atoms with Crippen LogP contribution in [0, 0.1) is 6.92 Å². The van der Waals surface area contributed by atoms with Gasteiger partial charge in [-0.3, -0.25) is 13.9 Å². The molecular formula is C31H39N3O6S. The highest BCUT2D eigenvalue weighted by Crippen LogP contribution is 2.36. The number of hydrogen-bond acceptors (Lipinski definition) is 6. The van der Waals surface area contributed by atoms with Crippen LogP contribution in [0.3, 0.4) is 0 Å². The number of methoxy groups -OCH3 is 2. The molecule has 0 saturated heterocycles. The third-order valence-electron chi connectivity index (χ3n) is 6.74. The molecule has 2 amide bonds. The van der Waals surface area contributed by atoms with Crippen molar-refractivity contribution in [2.45, 2.75) is 44.6 Å². The van der Waals surface area contributed by atoms with Crippen molar-refractivity contribution >= 4 is 27.5 Å². The molecule has 0 aromatic heterocycles. The fourth-order valence-electron chi connectivity index (χ4n) is 4.31. The Morgan fingerprint density at radius 2 is 1.63 bits per heavy atom. The van der Waals surface area contributed by atoms with E-state index in [0.717, 1.165) is 21.9 Å². The van der Waals surface area contributed by atoms with Crippen LogP contribution in [0.2, 0.25) is 0 Å². The average Bonchev–Trinajstić information content (AvgIpc) is 2.98. The van der Waals surface area contributed by atoms with Gasteiger partial charge in [-0.1, -0.05) is 55.0 Å². The first-order valence-corrected chi connectivity index (χ1v) is 15.0. The van der Waals surface area contributed by atoms with Crippen LogP contribution in [0.4, 0.5) is 5.69 Å². The van der Waals surface area contributed by atoms with Gasteiger partial charge in [-0.05, 0) is 56.5 Å². The second-order valence-corrected chi connectivity index (χ2v) is 11.5. The molecule has 0 bridgehead atoms. The summed E-state index contributed by atoms with van der Waals surface area (Å²) in [4.78, 5) is 28.4. The number of aryl methyl sites for hydroxylation is 1. The third-order valence-corrected chi connectivity index (χ3v) is 8.52. The monoisotopic (exact) mass is 581 g/mol. The molecule has 41 heavy (non-hydrogen) atoms. The highest BCUT2D eigenvalue weighted by atomic mass is 32.2. The third kappa shape index (κ3) is 8.00. The number of sulfonamides is 1. The maximum absolute atomic E-state index is 14.1. The van der Waals surface area contributed by atoms with Crippen LogP contribution in [-0.2, 0) is 26.0 Å². The van der Waals surface area contributed by atoms with Crippen molar-refractivity contribution in [3.05, 3.63) is 83.9 Å². The van der Waals surface area contributed by atoms with Crippen LogP contribution in [0.15, 0.2) is 77.7 Å². The molecule has 9 nitrogen and oxygen atoms in total. The minimum atomic E-state index is -4.23. The van der Waals surface area contributed by atoms with Crippen molar-refractivity contribution in [3.8, 4) is 11.5 Å². The zero-order valence-corrected chi connectivity index (χ0v) is 25.1. The van der Waals surface area contributed by atoms with E-state index in [4.69, 9.17) is 9.47 Å². The van der Waals surface area contributed by atoms with E-state index in [1.54, 1.807) is 31.2 Å². The van der Waals surface area contributed by atoms with Crippen molar-refractivity contribution in [2.75, 3.05) is 38.2 Å². The summed E-state index contributed by atoms with van der Waals surface area (Å²) in [6.45, 7) is 5.59. The molecule has 0 fully saturated rings. The Morgan fingerprint density at radius 1 is 0.951 bits per heavy atom. The zero-order valence-electron chi connectivity index (χ0n) is 24.3. The Morgan fingerprint density at radius 3 is 2.24 bits per heavy atom. The largest absolute Gasteiger partial charge is 0.497 e. The molecule has 0 radical (unpaired) electrons. The average molecular weight is 582 g/mol. The summed E-state index contributed by atoms with van der Waals surface area (Å²) in [5, 5.41) is 2.84. The Hall–Kier alpha value is -4.05. The molecule has 3 aromatic rings. The number of carbonyl (C=O) groups is 2. The number of carbonyl (C=O) groups excluding carboxylic acids is 2. The van der Waals surface area contributed by atoms with Crippen molar-refractivity contribution < 1.29 is 27.5 Å². The summed E-state index contributed by atoms with van der Waals surface area (Å²) < 4.78 is 40.0. The van der Waals surface area contributed by atoms with Gasteiger partial charge in [0.05, 0.1) is 24.8 Å². The summed E-state index contributed by atoms with van der Waals surface area (Å²) >= 11 is 0. The molecule has 0 aliphatic rings. The fourth-order valence-corrected chi connectivity index (χ4v) is 5.72. The van der Waals surface area contributed by atoms with Crippen LogP contribution in [-0.4, -0.2) is 65.0 Å². The second-order valence-electron chi connectivity index (χ2n) is 9.65. The molecule has 3 aromatic carbocycles. The van der Waals surface area contributed by atoms with E-state index in [0.29, 0.717) is 18.7 Å². The van der Waals surface area contributed by atoms with Gasteiger partial charge in [0, 0.05) is 19.2 Å². The van der Waals surface area contributed by atoms with E-state index < -0.39 is 28.5 Å². The van der Waals surface area contributed by atoms with Crippen molar-refractivity contribution in [1.82, 2.24) is 10.2 Å². The maximum atomic E-state index is 14.1. The molecule has 0 aliphatic carbocycles. The minimum absolute atomic E-state index is 0.0188. The topological polar surface area (TPSA) is 105 Å². The molecule has 0 spiro atoms. The number of hydrogen-bond donors (Lipinski definition) is 1. The van der Waals surface area contributed by atoms with Crippen LogP contribution in [0.1, 0.15) is 31.4 Å². The molecule has 3 rings (SSSR count). The molecular weight excluding hydrogens is 542 g/mol. The van der Waals surface area contributed by atoms with Gasteiger partial charge in [0.2, 0.25) is 11.8 Å². The van der Waals surface area contributed by atoms with Gasteiger partial charge >= 0.3 is 0 Å². The summed E-state index contributed by atoms with van der Waals surface area (Å²) in [6.07, 6.45) is 1.24. The lowest BCUT2D eigenvalue weighted by atomic mass is 10.1. The lowest BCUT2D eigenvalue weighted by Gasteiger charge is -2.32. The van der Waals surface area contributed by atoms with Crippen molar-refractivity contribution in [3.63, 3.8) is 0 Å². The summed E-state index contributed by atoms with van der Waals surface area (Å²) in [5.41, 5.74) is 2.03.